The Labute approximate surface area is 420 Å². The molecule has 1 aromatic heterocycles. The number of thiazole rings is 1. The summed E-state index contributed by atoms with van der Waals surface area (Å²) in [5.41, 5.74) is 6.23. The van der Waals surface area contributed by atoms with E-state index in [1.54, 1.807) is 29.5 Å². The van der Waals surface area contributed by atoms with Crippen molar-refractivity contribution >= 4 is 35.0 Å². The molecule has 3 aromatic carbocycles. The molecule has 1 saturated carbocycles. The van der Waals surface area contributed by atoms with Crippen LogP contribution < -0.4 is 20.7 Å². The van der Waals surface area contributed by atoms with Crippen molar-refractivity contribution in [3.63, 3.8) is 0 Å². The van der Waals surface area contributed by atoms with Crippen LogP contribution in [0.2, 0.25) is 0 Å². The van der Waals surface area contributed by atoms with E-state index in [4.69, 9.17) is 9.47 Å². The highest BCUT2D eigenvalue weighted by Gasteiger charge is 2.64. The number of rotatable bonds is 17. The maximum absolute atomic E-state index is 14.2. The largest absolute Gasteiger partial charge is 0.489 e. The Morgan fingerprint density at radius 1 is 0.915 bits per heavy atom. The van der Waals surface area contributed by atoms with Gasteiger partial charge in [-0.1, -0.05) is 64.1 Å². The van der Waals surface area contributed by atoms with Crippen molar-refractivity contribution in [2.75, 3.05) is 59.0 Å². The van der Waals surface area contributed by atoms with Gasteiger partial charge in [0.15, 0.2) is 0 Å². The molecule has 0 radical (unpaired) electrons. The Hall–Kier alpha value is -6.21. The lowest BCUT2D eigenvalue weighted by Crippen LogP contribution is -2.74. The van der Waals surface area contributed by atoms with Crippen LogP contribution in [0, 0.1) is 46.3 Å². The highest BCUT2D eigenvalue weighted by atomic mass is 32.1. The molecule has 0 unspecified atom stereocenters. The minimum absolute atomic E-state index is 0.00514. The van der Waals surface area contributed by atoms with E-state index in [-0.39, 0.29) is 72.8 Å². The Kier molecular flexibility index (Phi) is 15.6. The fourth-order valence-corrected chi connectivity index (χ4v) is 11.9. The van der Waals surface area contributed by atoms with Gasteiger partial charge in [0.1, 0.15) is 36.1 Å². The fourth-order valence-electron chi connectivity index (χ4n) is 11.1. The average Bonchev–Trinajstić information content (AvgIpc) is 3.96. The molecule has 3 aliphatic heterocycles. The molecule has 4 fully saturated rings. The second-order valence-corrected chi connectivity index (χ2v) is 21.6. The number of aliphatic hydroxyl groups excluding tert-OH is 1. The average molecular weight is 984 g/mol. The Balaban J connectivity index is 0.759. The van der Waals surface area contributed by atoms with Crippen LogP contribution in [0.25, 0.3) is 10.4 Å². The van der Waals surface area contributed by atoms with Crippen molar-refractivity contribution in [1.82, 2.24) is 35.6 Å². The number of β-amino-alcohol motifs (C(OH)–C–C–N with tert-alkyl or cyclic N) is 1. The van der Waals surface area contributed by atoms with Gasteiger partial charge < -0.3 is 40.3 Å². The summed E-state index contributed by atoms with van der Waals surface area (Å²) in [4.78, 5) is 66.3. The molecule has 1 aliphatic carbocycles. The van der Waals surface area contributed by atoms with Gasteiger partial charge in [-0.05, 0) is 80.3 Å². The predicted molar refractivity (Wildman–Crippen MR) is 268 cm³/mol. The number of hydrogen-bond acceptors (Lipinski definition) is 13. The lowest BCUT2D eigenvalue weighted by Gasteiger charge is -2.63. The second-order valence-electron chi connectivity index (χ2n) is 20.8. The number of amides is 4. The van der Waals surface area contributed by atoms with Crippen molar-refractivity contribution in [3.05, 3.63) is 106 Å². The van der Waals surface area contributed by atoms with E-state index in [0.717, 1.165) is 59.7 Å². The molecule has 4 aromatic rings. The number of nitrogens with one attached hydrogen (secondary N) is 3. The van der Waals surface area contributed by atoms with Crippen LogP contribution in [-0.2, 0) is 25.5 Å². The van der Waals surface area contributed by atoms with Crippen molar-refractivity contribution in [2.45, 2.75) is 97.2 Å². The molecule has 0 spiro atoms. The summed E-state index contributed by atoms with van der Waals surface area (Å²) in [6.45, 7) is 16.8. The van der Waals surface area contributed by atoms with Gasteiger partial charge in [-0.3, -0.25) is 24.1 Å². The number of nitriles is 2. The summed E-state index contributed by atoms with van der Waals surface area (Å²) in [5.74, 6) is -0.866. The number of nitrogens with zero attached hydrogens (tertiary/aromatic N) is 6. The molecule has 4 amide bonds. The van der Waals surface area contributed by atoms with Gasteiger partial charge in [0.05, 0.1) is 59.1 Å². The van der Waals surface area contributed by atoms with Gasteiger partial charge >= 0.3 is 0 Å². The number of benzene rings is 3. The molecule has 4 atom stereocenters. The summed E-state index contributed by atoms with van der Waals surface area (Å²) >= 11 is 1.58. The van der Waals surface area contributed by atoms with Crippen LogP contribution in [0.1, 0.15) is 91.8 Å². The number of carbonyl (C=O) groups is 4. The minimum atomic E-state index is -0.877. The lowest BCUT2D eigenvalue weighted by atomic mass is 9.49. The van der Waals surface area contributed by atoms with Crippen molar-refractivity contribution in [3.8, 4) is 28.3 Å². The lowest BCUT2D eigenvalue weighted by molar-refractivity contribution is -0.164. The molecular formula is C54H65N9O7S. The Bertz CT molecular complexity index is 2650. The highest BCUT2D eigenvalue weighted by molar-refractivity contribution is 7.13. The number of aromatic nitrogens is 1. The maximum atomic E-state index is 14.2. The number of piperazine rings is 1. The molecule has 17 heteroatoms. The van der Waals surface area contributed by atoms with Gasteiger partial charge in [-0.2, -0.15) is 10.5 Å². The third kappa shape index (κ3) is 11.3. The summed E-state index contributed by atoms with van der Waals surface area (Å²) in [7, 11) is 0. The number of aryl methyl sites for hydroxylation is 2. The van der Waals surface area contributed by atoms with E-state index in [1.165, 1.54) is 4.90 Å². The van der Waals surface area contributed by atoms with Gasteiger partial charge in [0, 0.05) is 67.5 Å². The van der Waals surface area contributed by atoms with E-state index in [1.807, 2.05) is 74.0 Å². The molecule has 8 rings (SSSR count). The first kappa shape index (κ1) is 51.2. The third-order valence-corrected chi connectivity index (χ3v) is 15.9. The fraction of sp³-hybridized carbons (Fsp3) is 0.500. The van der Waals surface area contributed by atoms with Crippen molar-refractivity contribution in [2.24, 2.45) is 16.7 Å². The van der Waals surface area contributed by atoms with Crippen LogP contribution >= 0.6 is 11.3 Å². The molecule has 374 valence electrons. The van der Waals surface area contributed by atoms with Crippen LogP contribution in [0.3, 0.4) is 0 Å². The third-order valence-electron chi connectivity index (χ3n) is 14.9. The normalized spacial score (nSPS) is 22.7. The summed E-state index contributed by atoms with van der Waals surface area (Å²) in [6, 6.07) is 22.4. The molecule has 16 nitrogen and oxygen atoms in total. The molecule has 3 saturated heterocycles. The van der Waals surface area contributed by atoms with Crippen LogP contribution in [-0.4, -0.2) is 138 Å². The summed E-state index contributed by atoms with van der Waals surface area (Å²) < 4.78 is 11.8. The van der Waals surface area contributed by atoms with Crippen LogP contribution in [0.4, 0.5) is 0 Å². The topological polar surface area (TPSA) is 213 Å². The van der Waals surface area contributed by atoms with E-state index in [0.29, 0.717) is 43.2 Å². The minimum Gasteiger partial charge on any atom is -0.489 e. The standard InChI is InChI=1S/C54H65N9O7S/c1-33(36-13-15-37(16-14-36)47-34(2)57-32-71-47)58-49(67)44-25-42(64)28-63(44)50(68)46(41-30-69-31-41)59-45(65)29-62-22-20-61(21-23-62)19-7-8-35-9-11-38(12-10-35)48(66)60-51-53(3,4)52(54(51,5)6)70-43-18-17-39(26-55)40(24-43)27-56/h9-18,24,32-33,41-42,44,46,51-52,64H,7-8,19-23,25,28-31H2,1-6H3,(H,58,67)(H,59,65)(H,60,66)/t33-,42+,44-,46+,51-,52-/m0/s1. The first-order chi connectivity index (χ1) is 34.0. The molecule has 0 bridgehead atoms. The molecule has 4 aliphatic rings. The molecule has 4 N–H and O–H groups in total. The van der Waals surface area contributed by atoms with Gasteiger partial charge in [0.25, 0.3) is 5.91 Å². The van der Waals surface area contributed by atoms with E-state index >= 15 is 0 Å². The van der Waals surface area contributed by atoms with Crippen LogP contribution in [0.15, 0.2) is 72.2 Å². The smallest absolute Gasteiger partial charge is 0.251 e. The van der Waals surface area contributed by atoms with Gasteiger partial charge in [-0.25, -0.2) is 4.98 Å². The quantitative estimate of drug-likeness (QED) is 0.110. The predicted octanol–water partition coefficient (Wildman–Crippen LogP) is 4.99. The number of likely N-dealkylation sites (tertiary alicyclic amines) is 1. The van der Waals surface area contributed by atoms with Crippen molar-refractivity contribution in [1.29, 1.82) is 10.5 Å². The monoisotopic (exact) mass is 983 g/mol. The first-order valence-electron chi connectivity index (χ1n) is 24.6. The van der Waals surface area contributed by atoms with Gasteiger partial charge in [0.2, 0.25) is 17.7 Å². The Morgan fingerprint density at radius 2 is 1.59 bits per heavy atom. The SMILES string of the molecule is Cc1ncsc1-c1ccc([C@H](C)NC(=O)[C@@H]2C[C@@H](O)CN2C(=O)[C@H](NC(=O)CN2CCN(CCCc3ccc(C(=O)N[C@H]4C(C)(C)[C@H](Oc5ccc(C#N)c(C#N)c5)C4(C)C)cc3)CC2)C2COC2)cc1. The summed E-state index contributed by atoms with van der Waals surface area (Å²) in [5, 5.41) is 38.8. The van der Waals surface area contributed by atoms with Crippen molar-refractivity contribution < 1.29 is 33.8 Å². The molecule has 71 heavy (non-hydrogen) atoms. The second kappa shape index (κ2) is 21.6. The van der Waals surface area contributed by atoms with Crippen LogP contribution in [0.5, 0.6) is 5.75 Å². The zero-order chi connectivity index (χ0) is 50.6. The summed E-state index contributed by atoms with van der Waals surface area (Å²) in [6.07, 6.45) is 0.792. The maximum Gasteiger partial charge on any atom is 0.251 e. The number of carbonyl (C=O) groups excluding carboxylic acids is 4. The zero-order valence-electron chi connectivity index (χ0n) is 41.4. The van der Waals surface area contributed by atoms with Gasteiger partial charge in [-0.15, -0.1) is 11.3 Å². The number of ether oxygens (including phenoxy) is 2. The number of hydrogen-bond donors (Lipinski definition) is 4. The van der Waals surface area contributed by atoms with E-state index in [9.17, 15) is 34.8 Å². The number of aliphatic hydroxyl groups is 1. The van der Waals surface area contributed by atoms with E-state index < -0.39 is 29.0 Å². The highest BCUT2D eigenvalue weighted by Crippen LogP contribution is 2.55. The molecular weight excluding hydrogens is 919 g/mol. The zero-order valence-corrected chi connectivity index (χ0v) is 42.3. The van der Waals surface area contributed by atoms with E-state index in [2.05, 4.69) is 64.5 Å². The Morgan fingerprint density at radius 3 is 2.21 bits per heavy atom. The first-order valence-corrected chi connectivity index (χ1v) is 25.5. The molecule has 4 heterocycles.